The third kappa shape index (κ3) is 5.11. The quantitative estimate of drug-likeness (QED) is 0.707. The lowest BCUT2D eigenvalue weighted by Gasteiger charge is -2.34. The molecule has 1 aliphatic rings. The first-order valence-electron chi connectivity index (χ1n) is 7.75. The van der Waals surface area contributed by atoms with Gasteiger partial charge in [-0.15, -0.1) is 0 Å². The van der Waals surface area contributed by atoms with E-state index in [0.717, 1.165) is 25.9 Å². The maximum absolute atomic E-state index is 11.7. The lowest BCUT2D eigenvalue weighted by Crippen LogP contribution is -2.55. The van der Waals surface area contributed by atoms with Crippen LogP contribution in [0.3, 0.4) is 0 Å². The second kappa shape index (κ2) is 7.85. The molecule has 0 aromatic heterocycles. The van der Waals surface area contributed by atoms with Crippen molar-refractivity contribution in [3.8, 4) is 0 Å². The van der Waals surface area contributed by atoms with Crippen LogP contribution in [-0.4, -0.2) is 42.5 Å². The normalized spacial score (nSPS) is 20.4. The van der Waals surface area contributed by atoms with Crippen LogP contribution in [0.1, 0.15) is 58.8 Å². The van der Waals surface area contributed by atoms with Gasteiger partial charge in [0.05, 0.1) is 5.54 Å². The molecule has 4 nitrogen and oxygen atoms in total. The van der Waals surface area contributed by atoms with Gasteiger partial charge in [-0.3, -0.25) is 4.79 Å². The first-order chi connectivity index (χ1) is 8.99. The van der Waals surface area contributed by atoms with Crippen molar-refractivity contribution in [3.05, 3.63) is 0 Å². The van der Waals surface area contributed by atoms with Gasteiger partial charge in [0, 0.05) is 12.6 Å². The maximum atomic E-state index is 11.7. The van der Waals surface area contributed by atoms with Crippen LogP contribution in [0, 0.1) is 0 Å². The number of nitrogens with zero attached hydrogens (tertiary/aromatic N) is 1. The minimum Gasteiger partial charge on any atom is -0.368 e. The van der Waals surface area contributed by atoms with E-state index in [1.165, 1.54) is 32.1 Å². The van der Waals surface area contributed by atoms with Crippen molar-refractivity contribution in [3.63, 3.8) is 0 Å². The molecule has 3 N–H and O–H groups in total. The monoisotopic (exact) mass is 269 g/mol. The van der Waals surface area contributed by atoms with Crippen LogP contribution in [0.15, 0.2) is 0 Å². The zero-order valence-corrected chi connectivity index (χ0v) is 12.9. The number of hydrogen-bond donors (Lipinski definition) is 2. The van der Waals surface area contributed by atoms with E-state index in [1.54, 1.807) is 0 Å². The van der Waals surface area contributed by atoms with Crippen molar-refractivity contribution in [2.45, 2.75) is 70.4 Å². The number of amides is 1. The third-order valence-electron chi connectivity index (χ3n) is 4.47. The number of rotatable bonds is 8. The van der Waals surface area contributed by atoms with Gasteiger partial charge in [0.25, 0.3) is 0 Å². The van der Waals surface area contributed by atoms with E-state index >= 15 is 0 Å². The van der Waals surface area contributed by atoms with Crippen LogP contribution in [0.25, 0.3) is 0 Å². The summed E-state index contributed by atoms with van der Waals surface area (Å²) in [7, 11) is 2.18. The van der Waals surface area contributed by atoms with E-state index in [4.69, 9.17) is 5.73 Å². The Bertz CT molecular complexity index is 277. The first kappa shape index (κ1) is 16.4. The average Bonchev–Trinajstić information content (AvgIpc) is 2.43. The average molecular weight is 269 g/mol. The Labute approximate surface area is 118 Å². The summed E-state index contributed by atoms with van der Waals surface area (Å²) >= 11 is 0. The Balaban J connectivity index is 2.43. The highest BCUT2D eigenvalue weighted by molar-refractivity contribution is 5.84. The Kier molecular flexibility index (Phi) is 6.80. The molecule has 1 aliphatic carbocycles. The van der Waals surface area contributed by atoms with E-state index in [-0.39, 0.29) is 5.91 Å². The van der Waals surface area contributed by atoms with E-state index in [9.17, 15) is 4.79 Å². The lowest BCUT2D eigenvalue weighted by molar-refractivity contribution is -0.124. The summed E-state index contributed by atoms with van der Waals surface area (Å²) in [6.45, 7) is 5.80. The van der Waals surface area contributed by atoms with Crippen LogP contribution in [-0.2, 0) is 4.79 Å². The van der Waals surface area contributed by atoms with Crippen LogP contribution in [0.4, 0.5) is 0 Å². The second-order valence-electron chi connectivity index (χ2n) is 6.15. The van der Waals surface area contributed by atoms with E-state index < -0.39 is 5.54 Å². The van der Waals surface area contributed by atoms with Crippen molar-refractivity contribution < 1.29 is 4.79 Å². The summed E-state index contributed by atoms with van der Waals surface area (Å²) < 4.78 is 0. The fourth-order valence-corrected chi connectivity index (χ4v) is 2.80. The van der Waals surface area contributed by atoms with Crippen LogP contribution < -0.4 is 11.1 Å². The van der Waals surface area contributed by atoms with Gasteiger partial charge in [0.15, 0.2) is 0 Å². The summed E-state index contributed by atoms with van der Waals surface area (Å²) in [5, 5.41) is 3.30. The molecule has 0 aromatic rings. The van der Waals surface area contributed by atoms with Crippen molar-refractivity contribution in [2.75, 3.05) is 20.1 Å². The number of carbonyl (C=O) groups excluding carboxylic acids is 1. The summed E-state index contributed by atoms with van der Waals surface area (Å²) in [6.07, 6.45) is 8.46. The van der Waals surface area contributed by atoms with Crippen LogP contribution in [0.5, 0.6) is 0 Å². The molecule has 1 saturated carbocycles. The predicted octanol–water partition coefficient (Wildman–Crippen LogP) is 1.88. The molecule has 1 fully saturated rings. The summed E-state index contributed by atoms with van der Waals surface area (Å²) in [5.74, 6) is -0.238. The van der Waals surface area contributed by atoms with Crippen molar-refractivity contribution in [1.82, 2.24) is 10.2 Å². The van der Waals surface area contributed by atoms with Gasteiger partial charge in [0.1, 0.15) is 0 Å². The van der Waals surface area contributed by atoms with Gasteiger partial charge in [0.2, 0.25) is 5.91 Å². The topological polar surface area (TPSA) is 58.4 Å². The zero-order chi connectivity index (χ0) is 14.3. The summed E-state index contributed by atoms with van der Waals surface area (Å²) in [5.41, 5.74) is 4.99. The zero-order valence-electron chi connectivity index (χ0n) is 12.9. The Morgan fingerprint density at radius 3 is 2.53 bits per heavy atom. The maximum Gasteiger partial charge on any atom is 0.237 e. The van der Waals surface area contributed by atoms with Gasteiger partial charge in [-0.2, -0.15) is 0 Å². The highest BCUT2D eigenvalue weighted by Gasteiger charge is 2.31. The van der Waals surface area contributed by atoms with Crippen molar-refractivity contribution >= 4 is 5.91 Å². The molecule has 0 saturated heterocycles. The molecule has 112 valence electrons. The molecule has 0 aliphatic heterocycles. The molecule has 19 heavy (non-hydrogen) atoms. The Morgan fingerprint density at radius 1 is 1.37 bits per heavy atom. The molecule has 0 spiro atoms. The largest absolute Gasteiger partial charge is 0.368 e. The predicted molar refractivity (Wildman–Crippen MR) is 80.0 cm³/mol. The van der Waals surface area contributed by atoms with Crippen molar-refractivity contribution in [1.29, 1.82) is 0 Å². The molecule has 1 atom stereocenters. The number of nitrogens with two attached hydrogens (primary N) is 1. The van der Waals surface area contributed by atoms with Gasteiger partial charge in [-0.1, -0.05) is 26.2 Å². The standard InChI is InChI=1S/C15H31N3O/c1-4-11-17-15(2,14(16)19)10-12-18(3)13-8-6-5-7-9-13/h13,17H,4-12H2,1-3H3,(H2,16,19). The van der Waals surface area contributed by atoms with Crippen LogP contribution in [0.2, 0.25) is 0 Å². The third-order valence-corrected chi connectivity index (χ3v) is 4.47. The molecule has 0 heterocycles. The summed E-state index contributed by atoms with van der Waals surface area (Å²) in [6, 6.07) is 0.692. The van der Waals surface area contributed by atoms with Gasteiger partial charge < -0.3 is 16.0 Å². The van der Waals surface area contributed by atoms with E-state index in [2.05, 4.69) is 24.2 Å². The highest BCUT2D eigenvalue weighted by atomic mass is 16.1. The molecular weight excluding hydrogens is 238 g/mol. The second-order valence-corrected chi connectivity index (χ2v) is 6.15. The molecule has 0 radical (unpaired) electrons. The van der Waals surface area contributed by atoms with Crippen LogP contribution >= 0.6 is 0 Å². The van der Waals surface area contributed by atoms with E-state index in [1.807, 2.05) is 6.92 Å². The SMILES string of the molecule is CCCNC(C)(CCN(C)C1CCCCC1)C(N)=O. The van der Waals surface area contributed by atoms with Gasteiger partial charge in [-0.25, -0.2) is 0 Å². The molecule has 1 rings (SSSR count). The van der Waals surface area contributed by atoms with Gasteiger partial charge in [-0.05, 0) is 46.2 Å². The lowest BCUT2D eigenvalue weighted by atomic mass is 9.92. The minimum atomic E-state index is -0.570. The van der Waals surface area contributed by atoms with E-state index in [0.29, 0.717) is 6.04 Å². The fourth-order valence-electron chi connectivity index (χ4n) is 2.80. The molecule has 0 aromatic carbocycles. The number of carbonyl (C=O) groups is 1. The Morgan fingerprint density at radius 2 is 2.00 bits per heavy atom. The van der Waals surface area contributed by atoms with Crippen molar-refractivity contribution in [2.24, 2.45) is 5.73 Å². The summed E-state index contributed by atoms with van der Waals surface area (Å²) in [4.78, 5) is 14.1. The molecule has 1 unspecified atom stereocenters. The molecule has 4 heteroatoms. The fraction of sp³-hybridized carbons (Fsp3) is 0.933. The highest BCUT2D eigenvalue weighted by Crippen LogP contribution is 2.22. The number of hydrogen-bond acceptors (Lipinski definition) is 3. The molecular formula is C15H31N3O. The smallest absolute Gasteiger partial charge is 0.237 e. The minimum absolute atomic E-state index is 0.238. The van der Waals surface area contributed by atoms with Gasteiger partial charge >= 0.3 is 0 Å². The number of primary amides is 1. The molecule has 0 bridgehead atoms. The Hall–Kier alpha value is -0.610. The number of nitrogens with one attached hydrogen (secondary N) is 1. The molecule has 1 amide bonds. The first-order valence-corrected chi connectivity index (χ1v) is 7.75.